The van der Waals surface area contributed by atoms with Gasteiger partial charge in [0.1, 0.15) is 0 Å². The molecular weight excluding hydrogens is 267 g/mol. The Hall–Kier alpha value is 0.300. The molecule has 1 aliphatic rings. The molecule has 11 heavy (non-hydrogen) atoms. The number of hydrogen-bond acceptors (Lipinski definition) is 1. The average molecular weight is 276 g/mol. The van der Waals surface area contributed by atoms with Gasteiger partial charge in [0.15, 0.2) is 0 Å². The fourth-order valence-electron chi connectivity index (χ4n) is 1.35. The number of halogens is 1. The van der Waals surface area contributed by atoms with Crippen LogP contribution in [-0.4, -0.2) is 5.75 Å². The van der Waals surface area contributed by atoms with Crippen LogP contribution < -0.4 is 0 Å². The topological polar surface area (TPSA) is 0 Å². The van der Waals surface area contributed by atoms with E-state index in [1.165, 1.54) is 27.1 Å². The summed E-state index contributed by atoms with van der Waals surface area (Å²) < 4.78 is 1.44. The molecule has 0 amide bonds. The van der Waals surface area contributed by atoms with Crippen LogP contribution >= 0.6 is 34.4 Å². The van der Waals surface area contributed by atoms with Gasteiger partial charge in [-0.15, -0.1) is 11.8 Å². The minimum atomic E-state index is 1.28. The lowest BCUT2D eigenvalue weighted by molar-refractivity contribution is 0.883. The highest BCUT2D eigenvalue weighted by Crippen LogP contribution is 2.32. The van der Waals surface area contributed by atoms with Crippen molar-refractivity contribution >= 4 is 34.4 Å². The molecule has 0 aliphatic carbocycles. The number of hydrogen-bond donors (Lipinski definition) is 0. The van der Waals surface area contributed by atoms with E-state index in [1.54, 1.807) is 5.56 Å². The van der Waals surface area contributed by atoms with Crippen LogP contribution in [0.5, 0.6) is 0 Å². The van der Waals surface area contributed by atoms with Crippen molar-refractivity contribution in [3.63, 3.8) is 0 Å². The Labute approximate surface area is 84.9 Å². The summed E-state index contributed by atoms with van der Waals surface area (Å²) in [6.45, 7) is 0. The molecule has 58 valence electrons. The number of fused-ring (bicyclic) bond motifs is 1. The lowest BCUT2D eigenvalue weighted by Crippen LogP contribution is -1.99. The molecular formula is C9H9IS. The Morgan fingerprint density at radius 2 is 2.27 bits per heavy atom. The van der Waals surface area contributed by atoms with Crippen LogP contribution in [0.25, 0.3) is 0 Å². The first-order valence-electron chi connectivity index (χ1n) is 3.78. The minimum absolute atomic E-state index is 1.28. The summed E-state index contributed by atoms with van der Waals surface area (Å²) in [7, 11) is 0. The molecule has 0 nitrogen and oxygen atoms in total. The summed E-state index contributed by atoms with van der Waals surface area (Å²) in [6.07, 6.45) is 2.62. The van der Waals surface area contributed by atoms with Crippen molar-refractivity contribution in [2.24, 2.45) is 0 Å². The van der Waals surface area contributed by atoms with Gasteiger partial charge in [-0.2, -0.15) is 0 Å². The number of rotatable bonds is 0. The lowest BCUT2D eigenvalue weighted by atomic mass is 10.1. The monoisotopic (exact) mass is 276 g/mol. The van der Waals surface area contributed by atoms with Crippen LogP contribution in [-0.2, 0) is 6.42 Å². The third-order valence-electron chi connectivity index (χ3n) is 1.90. The first-order chi connectivity index (χ1) is 5.38. The highest BCUT2D eigenvalue weighted by molar-refractivity contribution is 14.1. The molecule has 1 heterocycles. The Balaban J connectivity index is 2.49. The van der Waals surface area contributed by atoms with Gasteiger partial charge in [0, 0.05) is 8.47 Å². The van der Waals surface area contributed by atoms with Crippen LogP contribution in [0.15, 0.2) is 23.1 Å². The van der Waals surface area contributed by atoms with E-state index in [9.17, 15) is 0 Å². The summed E-state index contributed by atoms with van der Waals surface area (Å²) in [5.74, 6) is 1.30. The molecule has 0 N–H and O–H groups in total. The Morgan fingerprint density at radius 3 is 3.09 bits per heavy atom. The molecule has 0 spiro atoms. The molecule has 0 atom stereocenters. The van der Waals surface area contributed by atoms with Crippen molar-refractivity contribution in [1.29, 1.82) is 0 Å². The maximum atomic E-state index is 2.43. The second-order valence-corrected chi connectivity index (χ2v) is 4.97. The molecule has 0 saturated carbocycles. The van der Waals surface area contributed by atoms with E-state index in [0.29, 0.717) is 0 Å². The van der Waals surface area contributed by atoms with Crippen molar-refractivity contribution in [2.75, 3.05) is 5.75 Å². The molecule has 0 aromatic heterocycles. The molecule has 2 rings (SSSR count). The molecule has 0 bridgehead atoms. The standard InChI is InChI=1S/C9H9IS/c10-8-4-1-5-9-7(8)3-2-6-11-9/h1,4-5H,2-3,6H2. The summed E-state index contributed by atoms with van der Waals surface area (Å²) in [6, 6.07) is 6.59. The van der Waals surface area contributed by atoms with Crippen LogP contribution in [0.4, 0.5) is 0 Å². The molecule has 2 heteroatoms. The smallest absolute Gasteiger partial charge is 0.0173 e. The zero-order valence-corrected chi connectivity index (χ0v) is 9.11. The van der Waals surface area contributed by atoms with Gasteiger partial charge < -0.3 is 0 Å². The third kappa shape index (κ3) is 1.56. The van der Waals surface area contributed by atoms with Crippen LogP contribution in [0.1, 0.15) is 12.0 Å². The zero-order valence-electron chi connectivity index (χ0n) is 6.14. The zero-order chi connectivity index (χ0) is 7.68. The molecule has 0 unspecified atom stereocenters. The van der Waals surface area contributed by atoms with E-state index < -0.39 is 0 Å². The third-order valence-corrected chi connectivity index (χ3v) is 4.10. The predicted molar refractivity (Wildman–Crippen MR) is 58.2 cm³/mol. The summed E-state index contributed by atoms with van der Waals surface area (Å²) >= 11 is 4.43. The maximum Gasteiger partial charge on any atom is 0.0173 e. The fraction of sp³-hybridized carbons (Fsp3) is 0.333. The number of benzene rings is 1. The van der Waals surface area contributed by atoms with Crippen molar-refractivity contribution in [3.8, 4) is 0 Å². The molecule has 1 aromatic carbocycles. The van der Waals surface area contributed by atoms with E-state index in [4.69, 9.17) is 0 Å². The summed E-state index contributed by atoms with van der Waals surface area (Å²) in [5, 5.41) is 0. The summed E-state index contributed by atoms with van der Waals surface area (Å²) in [4.78, 5) is 1.50. The predicted octanol–water partition coefficient (Wildman–Crippen LogP) is 3.33. The summed E-state index contributed by atoms with van der Waals surface area (Å²) in [5.41, 5.74) is 1.57. The number of thioether (sulfide) groups is 1. The lowest BCUT2D eigenvalue weighted by Gasteiger charge is -2.15. The second kappa shape index (κ2) is 3.35. The van der Waals surface area contributed by atoms with Gasteiger partial charge in [0.2, 0.25) is 0 Å². The Kier molecular flexibility index (Phi) is 2.42. The van der Waals surface area contributed by atoms with Crippen molar-refractivity contribution in [2.45, 2.75) is 17.7 Å². The van der Waals surface area contributed by atoms with Gasteiger partial charge in [-0.25, -0.2) is 0 Å². The molecule has 1 aromatic rings. The fourth-order valence-corrected chi connectivity index (χ4v) is 3.37. The van der Waals surface area contributed by atoms with Crippen LogP contribution in [0, 0.1) is 3.57 Å². The van der Waals surface area contributed by atoms with Crippen molar-refractivity contribution in [1.82, 2.24) is 0 Å². The highest BCUT2D eigenvalue weighted by atomic mass is 127. The van der Waals surface area contributed by atoms with E-state index in [1.807, 2.05) is 11.8 Å². The van der Waals surface area contributed by atoms with Crippen LogP contribution in [0.3, 0.4) is 0 Å². The van der Waals surface area contributed by atoms with E-state index in [2.05, 4.69) is 40.8 Å². The molecule has 0 fully saturated rings. The molecule has 1 aliphatic heterocycles. The molecule has 0 radical (unpaired) electrons. The first-order valence-corrected chi connectivity index (χ1v) is 5.84. The van der Waals surface area contributed by atoms with Gasteiger partial charge in [-0.1, -0.05) is 6.07 Å². The van der Waals surface area contributed by atoms with Gasteiger partial charge in [0.25, 0.3) is 0 Å². The van der Waals surface area contributed by atoms with Gasteiger partial charge >= 0.3 is 0 Å². The van der Waals surface area contributed by atoms with Gasteiger partial charge in [0.05, 0.1) is 0 Å². The maximum absolute atomic E-state index is 2.43. The SMILES string of the molecule is Ic1cccc2c1CCCS2. The van der Waals surface area contributed by atoms with Gasteiger partial charge in [-0.05, 0) is 58.9 Å². The Morgan fingerprint density at radius 1 is 1.36 bits per heavy atom. The normalized spacial score (nSPS) is 16.1. The Bertz CT molecular complexity index is 270. The van der Waals surface area contributed by atoms with E-state index in [0.717, 1.165) is 0 Å². The van der Waals surface area contributed by atoms with Gasteiger partial charge in [-0.3, -0.25) is 0 Å². The minimum Gasteiger partial charge on any atom is -0.126 e. The largest absolute Gasteiger partial charge is 0.126 e. The quantitative estimate of drug-likeness (QED) is 0.655. The van der Waals surface area contributed by atoms with Crippen molar-refractivity contribution < 1.29 is 0 Å². The first kappa shape index (κ1) is 7.92. The second-order valence-electron chi connectivity index (χ2n) is 2.67. The highest BCUT2D eigenvalue weighted by Gasteiger charge is 2.10. The average Bonchev–Trinajstić information content (AvgIpc) is 2.06. The van der Waals surface area contributed by atoms with E-state index in [-0.39, 0.29) is 0 Å². The van der Waals surface area contributed by atoms with Crippen LogP contribution in [0.2, 0.25) is 0 Å². The molecule has 0 saturated heterocycles. The van der Waals surface area contributed by atoms with Crippen molar-refractivity contribution in [3.05, 3.63) is 27.3 Å². The van der Waals surface area contributed by atoms with E-state index >= 15 is 0 Å².